The molecule has 5 heteroatoms. The number of nitrogens with zero attached hydrogens (tertiary/aromatic N) is 1. The molecule has 0 unspecified atom stereocenters. The van der Waals surface area contributed by atoms with Crippen molar-refractivity contribution in [1.29, 1.82) is 0 Å². The summed E-state index contributed by atoms with van der Waals surface area (Å²) in [6.07, 6.45) is 3.96. The molecule has 0 spiro atoms. The Balaban J connectivity index is 1.80. The van der Waals surface area contributed by atoms with E-state index in [2.05, 4.69) is 26.8 Å². The summed E-state index contributed by atoms with van der Waals surface area (Å²) in [5, 5.41) is 0. The topological polar surface area (TPSA) is 55.8 Å². The van der Waals surface area contributed by atoms with Gasteiger partial charge < -0.3 is 14.4 Å². The van der Waals surface area contributed by atoms with Gasteiger partial charge in [0.15, 0.2) is 0 Å². The van der Waals surface area contributed by atoms with E-state index in [0.717, 1.165) is 18.4 Å². The lowest BCUT2D eigenvalue weighted by Crippen LogP contribution is -2.55. The molecule has 1 heterocycles. The van der Waals surface area contributed by atoms with Crippen LogP contribution < -0.4 is 0 Å². The number of likely N-dealkylation sites (tertiary alicyclic amines) is 1. The number of rotatable bonds is 2. The quantitative estimate of drug-likeness (QED) is 0.465. The number of esters is 1. The van der Waals surface area contributed by atoms with Crippen LogP contribution in [0.5, 0.6) is 0 Å². The largest absolute Gasteiger partial charge is 0.456 e. The first kappa shape index (κ1) is 25.3. The summed E-state index contributed by atoms with van der Waals surface area (Å²) >= 11 is 0. The molecule has 1 fully saturated rings. The van der Waals surface area contributed by atoms with E-state index in [-0.39, 0.29) is 22.9 Å². The van der Waals surface area contributed by atoms with Crippen molar-refractivity contribution < 1.29 is 19.1 Å². The lowest BCUT2D eigenvalue weighted by Gasteiger charge is -2.55. The van der Waals surface area contributed by atoms with E-state index >= 15 is 0 Å². The smallest absolute Gasteiger partial charge is 0.410 e. The fourth-order valence-corrected chi connectivity index (χ4v) is 5.58. The van der Waals surface area contributed by atoms with Crippen LogP contribution in [0.15, 0.2) is 30.3 Å². The minimum absolute atomic E-state index is 0.00138. The molecule has 3 rings (SSSR count). The zero-order valence-corrected chi connectivity index (χ0v) is 21.9. The van der Waals surface area contributed by atoms with Crippen LogP contribution in [0.1, 0.15) is 91.1 Å². The van der Waals surface area contributed by atoms with E-state index in [4.69, 9.17) is 9.47 Å². The van der Waals surface area contributed by atoms with E-state index in [1.165, 1.54) is 5.57 Å². The molecular weight excluding hydrogens is 414 g/mol. The van der Waals surface area contributed by atoms with E-state index in [9.17, 15) is 9.59 Å². The average molecular weight is 456 g/mol. The molecule has 1 saturated heterocycles. The SMILES string of the molecule is CC(C)(C)OC(=O)c1ccc(C2=CC[C@]3(C)CN(C(=O)OC(C)(C)C)CC[C@H]3C2(C)C)cc1. The molecule has 0 radical (unpaired) electrons. The number of hydrogen-bond acceptors (Lipinski definition) is 4. The molecule has 1 aromatic carbocycles. The van der Waals surface area contributed by atoms with Crippen molar-refractivity contribution in [1.82, 2.24) is 4.90 Å². The predicted molar refractivity (Wildman–Crippen MR) is 132 cm³/mol. The van der Waals surface area contributed by atoms with E-state index in [1.54, 1.807) is 0 Å². The summed E-state index contributed by atoms with van der Waals surface area (Å²) in [6, 6.07) is 7.79. The Morgan fingerprint density at radius 1 is 0.939 bits per heavy atom. The van der Waals surface area contributed by atoms with Crippen molar-refractivity contribution in [3.63, 3.8) is 0 Å². The van der Waals surface area contributed by atoms with Gasteiger partial charge in [0.25, 0.3) is 0 Å². The predicted octanol–water partition coefficient (Wildman–Crippen LogP) is 6.72. The molecule has 0 saturated carbocycles. The van der Waals surface area contributed by atoms with Crippen LogP contribution in [0, 0.1) is 16.7 Å². The summed E-state index contributed by atoms with van der Waals surface area (Å²) in [7, 11) is 0. The van der Waals surface area contributed by atoms with Crippen molar-refractivity contribution in [3.8, 4) is 0 Å². The van der Waals surface area contributed by atoms with Gasteiger partial charge in [-0.15, -0.1) is 0 Å². The van der Waals surface area contributed by atoms with Crippen LogP contribution in [0.3, 0.4) is 0 Å². The number of allylic oxidation sites excluding steroid dienone is 2. The standard InChI is InChI=1S/C28H41NO4/c1-25(2,3)32-23(30)20-12-10-19(11-13-20)21-14-16-28(9)18-29(24(31)33-26(4,5)6)17-15-22(28)27(21,7)8/h10-14,22H,15-18H2,1-9H3/t22-,28+/m0/s1. The Hall–Kier alpha value is -2.30. The maximum absolute atomic E-state index is 12.7. The first-order chi connectivity index (χ1) is 15.0. The zero-order chi connectivity index (χ0) is 24.8. The van der Waals surface area contributed by atoms with Gasteiger partial charge in [-0.3, -0.25) is 0 Å². The third-order valence-corrected chi connectivity index (χ3v) is 6.90. The monoisotopic (exact) mass is 455 g/mol. The first-order valence-corrected chi connectivity index (χ1v) is 12.0. The van der Waals surface area contributed by atoms with Gasteiger partial charge in [-0.2, -0.15) is 0 Å². The number of amides is 1. The number of ether oxygens (including phenoxy) is 2. The number of carbonyl (C=O) groups excluding carboxylic acids is 2. The van der Waals surface area contributed by atoms with Gasteiger partial charge in [0.2, 0.25) is 0 Å². The molecule has 2 atom stereocenters. The van der Waals surface area contributed by atoms with Crippen LogP contribution in [0.4, 0.5) is 4.79 Å². The van der Waals surface area contributed by atoms with Crippen LogP contribution in [0.2, 0.25) is 0 Å². The molecule has 0 bridgehead atoms. The van der Waals surface area contributed by atoms with Gasteiger partial charge >= 0.3 is 12.1 Å². The molecule has 0 N–H and O–H groups in total. The second-order valence-corrected chi connectivity index (χ2v) is 12.5. The second-order valence-electron chi connectivity index (χ2n) is 12.5. The van der Waals surface area contributed by atoms with E-state index in [1.807, 2.05) is 70.7 Å². The van der Waals surface area contributed by atoms with Crippen molar-refractivity contribution in [2.45, 2.75) is 86.4 Å². The van der Waals surface area contributed by atoms with Crippen LogP contribution in [-0.4, -0.2) is 41.3 Å². The van der Waals surface area contributed by atoms with Crippen molar-refractivity contribution >= 4 is 17.6 Å². The van der Waals surface area contributed by atoms with Crippen LogP contribution in [0.25, 0.3) is 5.57 Å². The van der Waals surface area contributed by atoms with Gasteiger partial charge in [-0.25, -0.2) is 9.59 Å². The Kier molecular flexibility index (Phi) is 6.51. The third-order valence-electron chi connectivity index (χ3n) is 6.90. The minimum Gasteiger partial charge on any atom is -0.456 e. The molecule has 2 aliphatic rings. The number of piperidine rings is 1. The third kappa shape index (κ3) is 5.62. The fourth-order valence-electron chi connectivity index (χ4n) is 5.58. The van der Waals surface area contributed by atoms with E-state index < -0.39 is 11.2 Å². The summed E-state index contributed by atoms with van der Waals surface area (Å²) in [4.78, 5) is 27.0. The Morgan fingerprint density at radius 2 is 1.52 bits per heavy atom. The molecule has 182 valence electrons. The van der Waals surface area contributed by atoms with Gasteiger partial charge in [0.1, 0.15) is 11.2 Å². The summed E-state index contributed by atoms with van der Waals surface area (Å²) in [5.74, 6) is 0.141. The number of hydrogen-bond donors (Lipinski definition) is 0. The lowest BCUT2D eigenvalue weighted by molar-refractivity contribution is -0.0299. The number of fused-ring (bicyclic) bond motifs is 1. The van der Waals surface area contributed by atoms with Crippen molar-refractivity contribution in [3.05, 3.63) is 41.5 Å². The molecule has 0 aromatic heterocycles. The molecule has 1 aliphatic carbocycles. The second kappa shape index (κ2) is 8.48. The average Bonchev–Trinajstić information content (AvgIpc) is 2.64. The molecule has 1 aromatic rings. The van der Waals surface area contributed by atoms with Crippen LogP contribution in [-0.2, 0) is 9.47 Å². The van der Waals surface area contributed by atoms with Crippen molar-refractivity contribution in [2.75, 3.05) is 13.1 Å². The Labute approximate surface area is 199 Å². The fraction of sp³-hybridized carbons (Fsp3) is 0.643. The maximum atomic E-state index is 12.7. The number of carbonyl (C=O) groups is 2. The highest BCUT2D eigenvalue weighted by molar-refractivity contribution is 5.90. The summed E-state index contributed by atoms with van der Waals surface area (Å²) < 4.78 is 11.1. The van der Waals surface area contributed by atoms with Gasteiger partial charge in [0, 0.05) is 13.1 Å². The first-order valence-electron chi connectivity index (χ1n) is 12.0. The summed E-state index contributed by atoms with van der Waals surface area (Å²) in [6.45, 7) is 19.7. The highest BCUT2D eigenvalue weighted by Gasteiger charge is 2.51. The number of benzene rings is 1. The molecule has 1 amide bonds. The molecule has 33 heavy (non-hydrogen) atoms. The minimum atomic E-state index is -0.512. The molecular formula is C28H41NO4. The normalized spacial score (nSPS) is 25.1. The highest BCUT2D eigenvalue weighted by Crippen LogP contribution is 2.57. The molecule has 1 aliphatic heterocycles. The van der Waals surface area contributed by atoms with Gasteiger partial charge in [-0.1, -0.05) is 39.0 Å². The maximum Gasteiger partial charge on any atom is 0.410 e. The Morgan fingerprint density at radius 3 is 2.06 bits per heavy atom. The van der Waals surface area contributed by atoms with Crippen LogP contribution >= 0.6 is 0 Å². The molecule has 5 nitrogen and oxygen atoms in total. The Bertz CT molecular complexity index is 930. The highest BCUT2D eigenvalue weighted by atomic mass is 16.6. The van der Waals surface area contributed by atoms with Gasteiger partial charge in [-0.05, 0) is 94.4 Å². The van der Waals surface area contributed by atoms with Gasteiger partial charge in [0.05, 0.1) is 5.56 Å². The summed E-state index contributed by atoms with van der Waals surface area (Å²) in [5.41, 5.74) is 1.97. The zero-order valence-electron chi connectivity index (χ0n) is 21.9. The lowest BCUT2D eigenvalue weighted by atomic mass is 9.53. The van der Waals surface area contributed by atoms with Crippen molar-refractivity contribution in [2.24, 2.45) is 16.7 Å². The van der Waals surface area contributed by atoms with E-state index in [0.29, 0.717) is 24.6 Å².